The Balaban J connectivity index is 1.21. The lowest BCUT2D eigenvalue weighted by atomic mass is 9.73. The predicted octanol–water partition coefficient (Wildman–Crippen LogP) is 9.11. The summed E-state index contributed by atoms with van der Waals surface area (Å²) in [5.74, 6) is 5.29. The summed E-state index contributed by atoms with van der Waals surface area (Å²) in [4.78, 5) is 12.2. The van der Waals surface area contributed by atoms with Crippen molar-refractivity contribution in [1.82, 2.24) is 0 Å². The number of rotatable bonds is 12. The molecule has 0 heterocycles. The van der Waals surface area contributed by atoms with Crippen molar-refractivity contribution in [1.29, 1.82) is 0 Å². The van der Waals surface area contributed by atoms with E-state index in [1.165, 1.54) is 103 Å². The third kappa shape index (κ3) is 9.02. The first-order valence-electron chi connectivity index (χ1n) is 14.8. The average molecular weight is 447 g/mol. The van der Waals surface area contributed by atoms with Crippen LogP contribution in [-0.4, -0.2) is 12.6 Å². The molecule has 0 amide bonds. The molecule has 0 spiro atoms. The molecule has 3 aliphatic rings. The van der Waals surface area contributed by atoms with E-state index in [2.05, 4.69) is 13.8 Å². The van der Waals surface area contributed by atoms with Crippen LogP contribution >= 0.6 is 0 Å². The topological polar surface area (TPSA) is 26.3 Å². The predicted molar refractivity (Wildman–Crippen MR) is 136 cm³/mol. The zero-order valence-corrected chi connectivity index (χ0v) is 21.6. The molecule has 3 aliphatic carbocycles. The zero-order chi connectivity index (χ0) is 22.6. The molecule has 0 unspecified atom stereocenters. The molecule has 0 radical (unpaired) electrons. The van der Waals surface area contributed by atoms with Crippen LogP contribution in [0.3, 0.4) is 0 Å². The van der Waals surface area contributed by atoms with Crippen LogP contribution in [0.1, 0.15) is 142 Å². The van der Waals surface area contributed by atoms with Gasteiger partial charge in [-0.3, -0.25) is 4.79 Å². The van der Waals surface area contributed by atoms with Gasteiger partial charge in [0.2, 0.25) is 0 Å². The molecule has 3 fully saturated rings. The second-order valence-corrected chi connectivity index (χ2v) is 12.0. The molecule has 0 saturated heterocycles. The van der Waals surface area contributed by atoms with Gasteiger partial charge in [0.15, 0.2) is 0 Å². The molecule has 0 N–H and O–H groups in total. The Bertz CT molecular complexity index is 491. The Kier molecular flexibility index (Phi) is 12.0. The van der Waals surface area contributed by atoms with E-state index in [0.717, 1.165) is 55.3 Å². The first-order chi connectivity index (χ1) is 15.7. The minimum Gasteiger partial charge on any atom is -0.465 e. The molecule has 3 rings (SSSR count). The summed E-state index contributed by atoms with van der Waals surface area (Å²) in [7, 11) is 0. The van der Waals surface area contributed by atoms with Crippen LogP contribution in [-0.2, 0) is 9.53 Å². The zero-order valence-electron chi connectivity index (χ0n) is 21.6. The molecule has 2 heteroatoms. The molecule has 0 aromatic rings. The van der Waals surface area contributed by atoms with Gasteiger partial charge in [0.25, 0.3) is 0 Å². The van der Waals surface area contributed by atoms with Crippen LogP contribution in [0, 0.1) is 35.5 Å². The smallest absolute Gasteiger partial charge is 0.308 e. The van der Waals surface area contributed by atoms with Crippen molar-refractivity contribution in [2.45, 2.75) is 142 Å². The fourth-order valence-electron chi connectivity index (χ4n) is 7.09. The van der Waals surface area contributed by atoms with E-state index >= 15 is 0 Å². The highest BCUT2D eigenvalue weighted by atomic mass is 16.5. The van der Waals surface area contributed by atoms with E-state index in [1.807, 2.05) is 0 Å². The van der Waals surface area contributed by atoms with Gasteiger partial charge in [-0.05, 0) is 61.7 Å². The summed E-state index contributed by atoms with van der Waals surface area (Å²) in [6, 6.07) is 0. The van der Waals surface area contributed by atoms with Crippen molar-refractivity contribution in [3.05, 3.63) is 0 Å². The quantitative estimate of drug-likeness (QED) is 0.221. The minimum atomic E-state index is 0.0872. The third-order valence-electron chi connectivity index (χ3n) is 9.52. The van der Waals surface area contributed by atoms with Crippen LogP contribution in [0.5, 0.6) is 0 Å². The van der Waals surface area contributed by atoms with Gasteiger partial charge in [-0.2, -0.15) is 0 Å². The summed E-state index contributed by atoms with van der Waals surface area (Å²) in [5.41, 5.74) is 0. The molecular weight excluding hydrogens is 392 g/mol. The van der Waals surface area contributed by atoms with Crippen molar-refractivity contribution in [3.8, 4) is 0 Å². The van der Waals surface area contributed by atoms with Crippen molar-refractivity contribution >= 4 is 5.97 Å². The third-order valence-corrected chi connectivity index (χ3v) is 9.52. The van der Waals surface area contributed by atoms with E-state index in [4.69, 9.17) is 4.74 Å². The maximum atomic E-state index is 12.2. The second-order valence-electron chi connectivity index (χ2n) is 12.0. The highest BCUT2D eigenvalue weighted by Crippen LogP contribution is 2.40. The number of hydrogen-bond acceptors (Lipinski definition) is 2. The largest absolute Gasteiger partial charge is 0.465 e. The number of hydrogen-bond donors (Lipinski definition) is 0. The number of carbonyl (C=O) groups excluding carboxylic acids is 1. The van der Waals surface area contributed by atoms with E-state index in [-0.39, 0.29) is 11.9 Å². The van der Waals surface area contributed by atoms with E-state index in [1.54, 1.807) is 0 Å². The molecule has 0 aromatic heterocycles. The average Bonchev–Trinajstić information content (AvgIpc) is 2.83. The Hall–Kier alpha value is -0.530. The minimum absolute atomic E-state index is 0.0872. The maximum Gasteiger partial charge on any atom is 0.308 e. The first-order valence-corrected chi connectivity index (χ1v) is 14.8. The van der Waals surface area contributed by atoms with Crippen LogP contribution < -0.4 is 0 Å². The molecule has 2 nitrogen and oxygen atoms in total. The number of unbranched alkanes of at least 4 members (excludes halogenated alkanes) is 1. The molecule has 3 saturated carbocycles. The van der Waals surface area contributed by atoms with E-state index in [0.29, 0.717) is 6.61 Å². The standard InChI is InChI=1S/C30H54O2/c1-3-5-23-32-30(31)29-21-19-28(20-22-29)18-17-27-15-13-26(14-16-27)12-11-25-9-7-24(6-4-2)8-10-25/h24-29H,3-23H2,1-2H3/t24-,25-,26-,27-,28-,29-. The van der Waals surface area contributed by atoms with Gasteiger partial charge in [-0.15, -0.1) is 0 Å². The Morgan fingerprint density at radius 1 is 0.562 bits per heavy atom. The van der Waals surface area contributed by atoms with Crippen molar-refractivity contribution in [3.63, 3.8) is 0 Å². The summed E-state index contributed by atoms with van der Waals surface area (Å²) in [6.45, 7) is 5.12. The lowest BCUT2D eigenvalue weighted by Gasteiger charge is -2.33. The van der Waals surface area contributed by atoms with Crippen LogP contribution in [0.15, 0.2) is 0 Å². The highest BCUT2D eigenvalue weighted by molar-refractivity contribution is 5.72. The lowest BCUT2D eigenvalue weighted by Crippen LogP contribution is -2.24. The normalized spacial score (nSPS) is 33.7. The molecule has 0 atom stereocenters. The number of ether oxygens (including phenoxy) is 1. The van der Waals surface area contributed by atoms with Gasteiger partial charge in [-0.1, -0.05) is 110 Å². The van der Waals surface area contributed by atoms with Crippen LogP contribution in [0.4, 0.5) is 0 Å². The van der Waals surface area contributed by atoms with Gasteiger partial charge >= 0.3 is 5.97 Å². The molecule has 0 aliphatic heterocycles. The first kappa shape index (κ1) is 26.1. The SMILES string of the molecule is CCCCOC(=O)[C@H]1CC[C@H](CC[C@H]2CC[C@H](CC[C@H]3CC[C@H](CCC)CC3)CC2)CC1. The number of carbonyl (C=O) groups is 1. The Morgan fingerprint density at radius 3 is 1.31 bits per heavy atom. The van der Waals surface area contributed by atoms with Gasteiger partial charge in [0.05, 0.1) is 12.5 Å². The molecule has 0 aromatic carbocycles. The maximum absolute atomic E-state index is 12.2. The van der Waals surface area contributed by atoms with Crippen LogP contribution in [0.2, 0.25) is 0 Å². The fraction of sp³-hybridized carbons (Fsp3) is 0.967. The monoisotopic (exact) mass is 446 g/mol. The second kappa shape index (κ2) is 14.7. The van der Waals surface area contributed by atoms with Gasteiger partial charge in [-0.25, -0.2) is 0 Å². The van der Waals surface area contributed by atoms with Crippen molar-refractivity contribution in [2.75, 3.05) is 6.61 Å². The lowest BCUT2D eigenvalue weighted by molar-refractivity contribution is -0.150. The van der Waals surface area contributed by atoms with E-state index < -0.39 is 0 Å². The molecular formula is C30H54O2. The molecule has 32 heavy (non-hydrogen) atoms. The van der Waals surface area contributed by atoms with Crippen LogP contribution in [0.25, 0.3) is 0 Å². The van der Waals surface area contributed by atoms with E-state index in [9.17, 15) is 4.79 Å². The van der Waals surface area contributed by atoms with Gasteiger partial charge < -0.3 is 4.74 Å². The van der Waals surface area contributed by atoms with Gasteiger partial charge in [0.1, 0.15) is 0 Å². The Labute approximate surface area is 200 Å². The van der Waals surface area contributed by atoms with Crippen molar-refractivity contribution < 1.29 is 9.53 Å². The Morgan fingerprint density at radius 2 is 0.938 bits per heavy atom. The summed E-state index contributed by atoms with van der Waals surface area (Å²) in [6.07, 6.45) is 27.6. The summed E-state index contributed by atoms with van der Waals surface area (Å²) < 4.78 is 5.46. The summed E-state index contributed by atoms with van der Waals surface area (Å²) >= 11 is 0. The van der Waals surface area contributed by atoms with Gasteiger partial charge in [0, 0.05) is 0 Å². The highest BCUT2D eigenvalue weighted by Gasteiger charge is 2.29. The molecule has 0 bridgehead atoms. The molecule has 186 valence electrons. The number of esters is 1. The fourth-order valence-corrected chi connectivity index (χ4v) is 7.09. The summed E-state index contributed by atoms with van der Waals surface area (Å²) in [5, 5.41) is 0. The van der Waals surface area contributed by atoms with Crippen molar-refractivity contribution in [2.24, 2.45) is 35.5 Å².